The summed E-state index contributed by atoms with van der Waals surface area (Å²) < 4.78 is 11.1. The molecule has 0 unspecified atom stereocenters. The molecule has 0 atom stereocenters. The van der Waals surface area contributed by atoms with Gasteiger partial charge in [-0.25, -0.2) is 4.79 Å². The predicted molar refractivity (Wildman–Crippen MR) is 96.0 cm³/mol. The topological polar surface area (TPSA) is 82.5 Å². The van der Waals surface area contributed by atoms with Gasteiger partial charge < -0.3 is 24.4 Å². The number of nitrogens with zero attached hydrogens (tertiary/aromatic N) is 2. The Morgan fingerprint density at radius 3 is 2.48 bits per heavy atom. The average Bonchev–Trinajstić information content (AvgIpc) is 2.54. The standard InChI is InChI=1S/C17H27BN2O5/c1-17(2,3)25-16(21)20-9-7-19(8-10-20)11-12-24-15-6-4-5-14(13-15)18(22)23/h4-6,13,22-23H,7-12H2,1-3H3. The Bertz CT molecular complexity index is 568. The van der Waals surface area contributed by atoms with Crippen molar-refractivity contribution in [2.75, 3.05) is 39.3 Å². The van der Waals surface area contributed by atoms with Crippen molar-refractivity contribution >= 4 is 18.7 Å². The number of ether oxygens (including phenoxy) is 2. The Morgan fingerprint density at radius 1 is 1.20 bits per heavy atom. The van der Waals surface area contributed by atoms with E-state index in [1.165, 1.54) is 0 Å². The van der Waals surface area contributed by atoms with E-state index in [4.69, 9.17) is 19.5 Å². The highest BCUT2D eigenvalue weighted by Gasteiger charge is 2.25. The molecule has 1 fully saturated rings. The van der Waals surface area contributed by atoms with Gasteiger partial charge in [-0.3, -0.25) is 4.90 Å². The Labute approximate surface area is 149 Å². The lowest BCUT2D eigenvalue weighted by atomic mass is 9.80. The molecule has 25 heavy (non-hydrogen) atoms. The Kier molecular flexibility index (Phi) is 6.69. The minimum Gasteiger partial charge on any atom is -0.492 e. The summed E-state index contributed by atoms with van der Waals surface area (Å²) in [7, 11) is -1.50. The number of amides is 1. The smallest absolute Gasteiger partial charge is 0.488 e. The van der Waals surface area contributed by atoms with Gasteiger partial charge >= 0.3 is 13.2 Å². The summed E-state index contributed by atoms with van der Waals surface area (Å²) in [6.07, 6.45) is -0.261. The summed E-state index contributed by atoms with van der Waals surface area (Å²) in [5.74, 6) is 0.609. The van der Waals surface area contributed by atoms with Gasteiger partial charge in [0.05, 0.1) is 0 Å². The van der Waals surface area contributed by atoms with Crippen LogP contribution in [0.25, 0.3) is 0 Å². The van der Waals surface area contributed by atoms with Crippen LogP contribution in [0.2, 0.25) is 0 Å². The Hall–Kier alpha value is -1.77. The molecule has 1 aromatic rings. The maximum absolute atomic E-state index is 12.0. The van der Waals surface area contributed by atoms with E-state index < -0.39 is 12.7 Å². The van der Waals surface area contributed by atoms with Crippen molar-refractivity contribution in [1.29, 1.82) is 0 Å². The molecule has 0 spiro atoms. The summed E-state index contributed by atoms with van der Waals surface area (Å²) in [5, 5.41) is 18.3. The van der Waals surface area contributed by atoms with Crippen molar-refractivity contribution in [3.05, 3.63) is 24.3 Å². The van der Waals surface area contributed by atoms with E-state index in [0.29, 0.717) is 30.9 Å². The number of carbonyl (C=O) groups excluding carboxylic acids is 1. The summed E-state index contributed by atoms with van der Waals surface area (Å²) in [4.78, 5) is 16.0. The van der Waals surface area contributed by atoms with Crippen LogP contribution in [0.4, 0.5) is 4.79 Å². The number of carbonyl (C=O) groups is 1. The highest BCUT2D eigenvalue weighted by Crippen LogP contribution is 2.12. The van der Waals surface area contributed by atoms with Crippen LogP contribution in [0.15, 0.2) is 24.3 Å². The first-order valence-corrected chi connectivity index (χ1v) is 8.54. The van der Waals surface area contributed by atoms with Gasteiger partial charge in [0.15, 0.2) is 0 Å². The van der Waals surface area contributed by atoms with E-state index in [1.807, 2.05) is 20.8 Å². The van der Waals surface area contributed by atoms with E-state index in [1.54, 1.807) is 29.2 Å². The van der Waals surface area contributed by atoms with Crippen molar-refractivity contribution in [2.24, 2.45) is 0 Å². The zero-order chi connectivity index (χ0) is 18.4. The monoisotopic (exact) mass is 350 g/mol. The summed E-state index contributed by atoms with van der Waals surface area (Å²) in [5.41, 5.74) is -0.0675. The molecule has 138 valence electrons. The van der Waals surface area contributed by atoms with Gasteiger partial charge in [0.25, 0.3) is 0 Å². The molecule has 0 radical (unpaired) electrons. The molecule has 0 aliphatic carbocycles. The zero-order valence-electron chi connectivity index (χ0n) is 15.1. The molecule has 0 bridgehead atoms. The molecule has 8 heteroatoms. The first-order valence-electron chi connectivity index (χ1n) is 8.54. The zero-order valence-corrected chi connectivity index (χ0v) is 15.1. The molecule has 1 amide bonds. The molecule has 1 saturated heterocycles. The van der Waals surface area contributed by atoms with Crippen LogP contribution >= 0.6 is 0 Å². The van der Waals surface area contributed by atoms with E-state index in [2.05, 4.69) is 4.90 Å². The number of piperazine rings is 1. The average molecular weight is 350 g/mol. The molecule has 1 aliphatic rings. The van der Waals surface area contributed by atoms with Crippen LogP contribution in [0.5, 0.6) is 5.75 Å². The van der Waals surface area contributed by atoms with Gasteiger partial charge in [0.1, 0.15) is 18.0 Å². The fourth-order valence-corrected chi connectivity index (χ4v) is 2.54. The first kappa shape index (κ1) is 19.6. The van der Waals surface area contributed by atoms with E-state index >= 15 is 0 Å². The van der Waals surface area contributed by atoms with Crippen molar-refractivity contribution in [3.8, 4) is 5.75 Å². The summed E-state index contributed by atoms with van der Waals surface area (Å²) >= 11 is 0. The van der Waals surface area contributed by atoms with Crippen LogP contribution in [-0.2, 0) is 4.74 Å². The number of hydrogen-bond donors (Lipinski definition) is 2. The summed E-state index contributed by atoms with van der Waals surface area (Å²) in [6.45, 7) is 9.67. The maximum Gasteiger partial charge on any atom is 0.488 e. The molecule has 1 aromatic carbocycles. The number of benzene rings is 1. The highest BCUT2D eigenvalue weighted by molar-refractivity contribution is 6.58. The van der Waals surface area contributed by atoms with Crippen LogP contribution < -0.4 is 10.2 Å². The van der Waals surface area contributed by atoms with Gasteiger partial charge in [-0.1, -0.05) is 12.1 Å². The lowest BCUT2D eigenvalue weighted by Crippen LogP contribution is -2.50. The van der Waals surface area contributed by atoms with Gasteiger partial charge in [0.2, 0.25) is 0 Å². The second kappa shape index (κ2) is 8.55. The Morgan fingerprint density at radius 2 is 1.88 bits per heavy atom. The fourth-order valence-electron chi connectivity index (χ4n) is 2.54. The lowest BCUT2D eigenvalue weighted by molar-refractivity contribution is 0.0137. The highest BCUT2D eigenvalue weighted by atomic mass is 16.6. The van der Waals surface area contributed by atoms with Crippen molar-refractivity contribution < 1.29 is 24.3 Å². The second-order valence-electron chi connectivity index (χ2n) is 7.10. The quantitative estimate of drug-likeness (QED) is 0.744. The number of rotatable bonds is 5. The molecule has 1 heterocycles. The Balaban J connectivity index is 1.70. The third kappa shape index (κ3) is 6.57. The van der Waals surface area contributed by atoms with Crippen LogP contribution in [0.1, 0.15) is 20.8 Å². The molecular formula is C17H27BN2O5. The molecule has 0 aromatic heterocycles. The predicted octanol–water partition coefficient (Wildman–Crippen LogP) is 0.298. The molecule has 0 saturated carbocycles. The van der Waals surface area contributed by atoms with Crippen LogP contribution in [0.3, 0.4) is 0 Å². The molecule has 7 nitrogen and oxygen atoms in total. The third-order valence-corrected chi connectivity index (χ3v) is 3.86. The van der Waals surface area contributed by atoms with E-state index in [-0.39, 0.29) is 6.09 Å². The SMILES string of the molecule is CC(C)(C)OC(=O)N1CCN(CCOc2cccc(B(O)O)c2)CC1. The van der Waals surface area contributed by atoms with Crippen LogP contribution in [0, 0.1) is 0 Å². The lowest BCUT2D eigenvalue weighted by Gasteiger charge is -2.35. The van der Waals surface area contributed by atoms with Gasteiger partial charge in [0, 0.05) is 32.7 Å². The maximum atomic E-state index is 12.0. The normalized spacial score (nSPS) is 15.8. The summed E-state index contributed by atoms with van der Waals surface area (Å²) in [6, 6.07) is 6.76. The van der Waals surface area contributed by atoms with E-state index in [0.717, 1.165) is 19.6 Å². The van der Waals surface area contributed by atoms with Crippen LogP contribution in [-0.4, -0.2) is 78.0 Å². The molecule has 1 aliphatic heterocycles. The fraction of sp³-hybridized carbons (Fsp3) is 0.588. The molecule has 2 N–H and O–H groups in total. The van der Waals surface area contributed by atoms with Gasteiger partial charge in [-0.2, -0.15) is 0 Å². The van der Waals surface area contributed by atoms with E-state index in [9.17, 15) is 4.79 Å². The van der Waals surface area contributed by atoms with Crippen molar-refractivity contribution in [2.45, 2.75) is 26.4 Å². The van der Waals surface area contributed by atoms with Gasteiger partial charge in [-0.05, 0) is 38.4 Å². The minimum atomic E-state index is -1.50. The molecular weight excluding hydrogens is 323 g/mol. The third-order valence-electron chi connectivity index (χ3n) is 3.86. The first-order chi connectivity index (χ1) is 11.7. The number of hydrogen-bond acceptors (Lipinski definition) is 6. The largest absolute Gasteiger partial charge is 0.492 e. The molecule has 2 rings (SSSR count). The van der Waals surface area contributed by atoms with Crippen molar-refractivity contribution in [1.82, 2.24) is 9.80 Å². The van der Waals surface area contributed by atoms with Gasteiger partial charge in [-0.15, -0.1) is 0 Å². The second-order valence-corrected chi connectivity index (χ2v) is 7.10. The van der Waals surface area contributed by atoms with Crippen molar-refractivity contribution in [3.63, 3.8) is 0 Å². The minimum absolute atomic E-state index is 0.261.